The summed E-state index contributed by atoms with van der Waals surface area (Å²) in [4.78, 5) is 14.3. The van der Waals surface area contributed by atoms with Crippen molar-refractivity contribution < 1.29 is 9.18 Å². The molecule has 0 fully saturated rings. The lowest BCUT2D eigenvalue weighted by atomic mass is 10.1. The molecule has 2 heterocycles. The number of amides is 1. The first-order valence-electron chi connectivity index (χ1n) is 9.15. The topological polar surface area (TPSA) is 62.9 Å². The van der Waals surface area contributed by atoms with Gasteiger partial charge in [0, 0.05) is 12.1 Å². The van der Waals surface area contributed by atoms with E-state index in [1.165, 1.54) is 23.0 Å². The second-order valence-corrected chi connectivity index (χ2v) is 6.95. The highest BCUT2D eigenvalue weighted by Gasteiger charge is 2.33. The Balaban J connectivity index is 1.67. The number of para-hydroxylation sites is 1. The fourth-order valence-electron chi connectivity index (χ4n) is 3.22. The second-order valence-electron chi connectivity index (χ2n) is 6.59. The molecule has 0 N–H and O–H groups in total. The fraction of sp³-hybridized carbons (Fsp3) is 0.0909. The van der Waals surface area contributed by atoms with Gasteiger partial charge in [-0.2, -0.15) is 10.2 Å². The molecule has 1 aliphatic rings. The van der Waals surface area contributed by atoms with Gasteiger partial charge >= 0.3 is 0 Å². The van der Waals surface area contributed by atoms with E-state index in [0.717, 1.165) is 5.69 Å². The highest BCUT2D eigenvalue weighted by Crippen LogP contribution is 2.29. The van der Waals surface area contributed by atoms with Crippen LogP contribution in [0.25, 0.3) is 5.69 Å². The molecule has 0 spiro atoms. The first kappa shape index (κ1) is 19.7. The molecule has 0 radical (unpaired) electrons. The largest absolute Gasteiger partial charge is 0.302 e. The molecule has 0 atom stereocenters. The Morgan fingerprint density at radius 3 is 2.67 bits per heavy atom. The van der Waals surface area contributed by atoms with Crippen LogP contribution in [0.15, 0.2) is 71.4 Å². The van der Waals surface area contributed by atoms with Gasteiger partial charge in [-0.1, -0.05) is 35.9 Å². The number of nitrogens with zero attached hydrogens (tertiary/aromatic N) is 5. The molecule has 0 unspecified atom stereocenters. The van der Waals surface area contributed by atoms with Crippen molar-refractivity contribution in [1.29, 1.82) is 0 Å². The number of carbonyl (C=O) groups is 1. The summed E-state index contributed by atoms with van der Waals surface area (Å²) < 4.78 is 14.7. The molecule has 1 aromatic heterocycles. The number of aryl methyl sites for hydroxylation is 1. The lowest BCUT2D eigenvalue weighted by Crippen LogP contribution is -2.30. The van der Waals surface area contributed by atoms with Gasteiger partial charge < -0.3 is 4.90 Å². The molecular weight excluding hydrogens is 405 g/mol. The summed E-state index contributed by atoms with van der Waals surface area (Å²) in [6, 6.07) is 13.2. The predicted octanol–water partition coefficient (Wildman–Crippen LogP) is 4.33. The van der Waals surface area contributed by atoms with Crippen molar-refractivity contribution in [3.05, 3.63) is 89.0 Å². The van der Waals surface area contributed by atoms with E-state index in [2.05, 4.69) is 21.9 Å². The van der Waals surface area contributed by atoms with Gasteiger partial charge in [0.2, 0.25) is 0 Å². The van der Waals surface area contributed by atoms with E-state index >= 15 is 0 Å². The standard InChI is InChI=1S/C22H17ClFN5O/c1-3-12-28-19-7-5-4-6-17(19)20(22(28)30)26-25-13-18-14(2)27-29(21(18)23)16-10-8-15(24)9-11-16/h3-11,13H,1,12H2,2H3. The molecule has 2 aromatic carbocycles. The van der Waals surface area contributed by atoms with Crippen LogP contribution in [0.3, 0.4) is 0 Å². The van der Waals surface area contributed by atoms with Gasteiger partial charge in [0.25, 0.3) is 5.91 Å². The molecule has 1 amide bonds. The number of aromatic nitrogens is 2. The summed E-state index contributed by atoms with van der Waals surface area (Å²) in [6.07, 6.45) is 3.12. The number of fused-ring (bicyclic) bond motifs is 1. The summed E-state index contributed by atoms with van der Waals surface area (Å²) in [5.41, 5.74) is 3.55. The number of carbonyl (C=O) groups excluding carboxylic acids is 1. The Labute approximate surface area is 177 Å². The summed E-state index contributed by atoms with van der Waals surface area (Å²) >= 11 is 6.45. The van der Waals surface area contributed by atoms with Gasteiger partial charge in [0.15, 0.2) is 5.71 Å². The zero-order chi connectivity index (χ0) is 21.3. The third-order valence-electron chi connectivity index (χ3n) is 4.67. The van der Waals surface area contributed by atoms with E-state index < -0.39 is 0 Å². The highest BCUT2D eigenvalue weighted by atomic mass is 35.5. The van der Waals surface area contributed by atoms with Crippen molar-refractivity contribution in [2.45, 2.75) is 6.92 Å². The summed E-state index contributed by atoms with van der Waals surface area (Å²) in [5, 5.41) is 13.0. The number of anilines is 1. The smallest absolute Gasteiger partial charge is 0.279 e. The molecule has 1 aliphatic heterocycles. The first-order valence-corrected chi connectivity index (χ1v) is 9.53. The van der Waals surface area contributed by atoms with Crippen LogP contribution in [0.1, 0.15) is 16.8 Å². The number of hydrogen-bond donors (Lipinski definition) is 0. The van der Waals surface area contributed by atoms with Crippen molar-refractivity contribution in [3.8, 4) is 5.69 Å². The minimum absolute atomic E-state index is 0.238. The van der Waals surface area contributed by atoms with Crippen molar-refractivity contribution in [2.75, 3.05) is 11.4 Å². The quantitative estimate of drug-likeness (QED) is 0.349. The van der Waals surface area contributed by atoms with E-state index in [9.17, 15) is 9.18 Å². The monoisotopic (exact) mass is 421 g/mol. The van der Waals surface area contributed by atoms with Crippen LogP contribution < -0.4 is 4.90 Å². The maximum absolute atomic E-state index is 13.2. The average molecular weight is 422 g/mol. The zero-order valence-corrected chi connectivity index (χ0v) is 16.8. The highest BCUT2D eigenvalue weighted by molar-refractivity contribution is 6.54. The summed E-state index contributed by atoms with van der Waals surface area (Å²) in [5.74, 6) is -0.582. The van der Waals surface area contributed by atoms with E-state index in [1.54, 1.807) is 30.0 Å². The third-order valence-corrected chi connectivity index (χ3v) is 5.04. The number of rotatable bonds is 5. The average Bonchev–Trinajstić information content (AvgIpc) is 3.17. The van der Waals surface area contributed by atoms with E-state index in [0.29, 0.717) is 34.2 Å². The lowest BCUT2D eigenvalue weighted by molar-refractivity contribution is -0.112. The minimum Gasteiger partial charge on any atom is -0.302 e. The number of benzene rings is 2. The lowest BCUT2D eigenvalue weighted by Gasteiger charge is -2.13. The van der Waals surface area contributed by atoms with E-state index in [-0.39, 0.29) is 17.4 Å². The van der Waals surface area contributed by atoms with Crippen molar-refractivity contribution in [3.63, 3.8) is 0 Å². The number of hydrogen-bond acceptors (Lipinski definition) is 4. The van der Waals surface area contributed by atoms with Crippen LogP contribution in [0.4, 0.5) is 10.1 Å². The molecule has 0 bridgehead atoms. The Morgan fingerprint density at radius 1 is 1.20 bits per heavy atom. The Morgan fingerprint density at radius 2 is 1.93 bits per heavy atom. The van der Waals surface area contributed by atoms with Gasteiger partial charge in [0.05, 0.1) is 28.8 Å². The van der Waals surface area contributed by atoms with E-state index in [1.807, 2.05) is 24.3 Å². The van der Waals surface area contributed by atoms with Gasteiger partial charge in [-0.25, -0.2) is 9.07 Å². The minimum atomic E-state index is -0.344. The van der Waals surface area contributed by atoms with Gasteiger partial charge in [-0.15, -0.1) is 11.7 Å². The fourth-order valence-corrected chi connectivity index (χ4v) is 3.55. The summed E-state index contributed by atoms with van der Waals surface area (Å²) in [7, 11) is 0. The third kappa shape index (κ3) is 3.44. The Kier molecular flexibility index (Phi) is 5.29. The van der Waals surface area contributed by atoms with Gasteiger partial charge in [0.1, 0.15) is 11.0 Å². The van der Waals surface area contributed by atoms with Crippen molar-refractivity contribution in [1.82, 2.24) is 9.78 Å². The van der Waals surface area contributed by atoms with Crippen molar-refractivity contribution >= 4 is 35.1 Å². The van der Waals surface area contributed by atoms with Gasteiger partial charge in [-0.3, -0.25) is 4.79 Å². The molecule has 0 saturated carbocycles. The molecule has 0 saturated heterocycles. The zero-order valence-electron chi connectivity index (χ0n) is 16.1. The molecule has 150 valence electrons. The van der Waals surface area contributed by atoms with Crippen LogP contribution in [-0.4, -0.2) is 34.2 Å². The Hall–Kier alpha value is -3.58. The van der Waals surface area contributed by atoms with Gasteiger partial charge in [-0.05, 0) is 37.3 Å². The molecule has 30 heavy (non-hydrogen) atoms. The first-order chi connectivity index (χ1) is 14.5. The molecule has 6 nitrogen and oxygen atoms in total. The van der Waals surface area contributed by atoms with Crippen LogP contribution in [0, 0.1) is 12.7 Å². The predicted molar refractivity (Wildman–Crippen MR) is 116 cm³/mol. The molecular formula is C22H17ClFN5O. The van der Waals surface area contributed by atoms with Crippen LogP contribution in [0.2, 0.25) is 5.15 Å². The van der Waals surface area contributed by atoms with Crippen LogP contribution >= 0.6 is 11.6 Å². The second kappa shape index (κ2) is 8.04. The van der Waals surface area contributed by atoms with Crippen LogP contribution in [0.5, 0.6) is 0 Å². The van der Waals surface area contributed by atoms with Crippen LogP contribution in [-0.2, 0) is 4.79 Å². The van der Waals surface area contributed by atoms with E-state index in [4.69, 9.17) is 11.6 Å². The maximum Gasteiger partial charge on any atom is 0.279 e. The SMILES string of the molecule is C=CCN1C(=O)C(=NN=Cc2c(C)nn(-c3ccc(F)cc3)c2Cl)c2ccccc21. The Bertz CT molecular complexity index is 1200. The molecule has 0 aliphatic carbocycles. The maximum atomic E-state index is 13.2. The molecule has 3 aromatic rings. The molecule has 4 rings (SSSR count). The van der Waals surface area contributed by atoms with Crippen molar-refractivity contribution in [2.24, 2.45) is 10.2 Å². The number of halogens is 2. The normalized spacial score (nSPS) is 14.7. The molecule has 8 heteroatoms. The summed E-state index contributed by atoms with van der Waals surface area (Å²) in [6.45, 7) is 5.86.